The highest BCUT2D eigenvalue weighted by Gasteiger charge is 2.22. The number of fused-ring (bicyclic) bond motifs is 1. The maximum Gasteiger partial charge on any atom is 0.345 e. The lowest BCUT2D eigenvalue weighted by Crippen LogP contribution is -2.25. The molecular formula is C16H17ClN2O4. The first kappa shape index (κ1) is 15.8. The third-order valence-corrected chi connectivity index (χ3v) is 4.23. The number of benzene rings is 1. The van der Waals surface area contributed by atoms with E-state index in [0.717, 1.165) is 19.4 Å². The molecule has 2 aromatic rings. The fraction of sp³-hybridized carbons (Fsp3) is 0.375. The molecular weight excluding hydrogens is 320 g/mol. The number of aromatic amines is 1. The molecule has 6 nitrogen and oxygen atoms in total. The van der Waals surface area contributed by atoms with Crippen molar-refractivity contribution in [1.82, 2.24) is 4.98 Å². The number of esters is 1. The van der Waals surface area contributed by atoms with Crippen molar-refractivity contribution in [1.29, 1.82) is 0 Å². The average molecular weight is 337 g/mol. The zero-order valence-electron chi connectivity index (χ0n) is 12.6. The zero-order chi connectivity index (χ0) is 16.4. The smallest absolute Gasteiger partial charge is 0.345 e. The Hall–Kier alpha value is -2.05. The summed E-state index contributed by atoms with van der Waals surface area (Å²) in [5.41, 5.74) is 0.322. The van der Waals surface area contributed by atoms with Gasteiger partial charge >= 0.3 is 5.97 Å². The zero-order valence-corrected chi connectivity index (χ0v) is 13.4. The molecule has 7 heteroatoms. The van der Waals surface area contributed by atoms with Crippen molar-refractivity contribution < 1.29 is 14.3 Å². The molecule has 122 valence electrons. The summed E-state index contributed by atoms with van der Waals surface area (Å²) in [7, 11) is 1.24. The molecule has 0 aliphatic carbocycles. The van der Waals surface area contributed by atoms with Gasteiger partial charge < -0.3 is 19.8 Å². The predicted molar refractivity (Wildman–Crippen MR) is 88.4 cm³/mol. The van der Waals surface area contributed by atoms with E-state index >= 15 is 0 Å². The molecule has 0 radical (unpaired) electrons. The first-order chi connectivity index (χ1) is 11.1. The molecule has 1 atom stereocenters. The number of anilines is 1. The van der Waals surface area contributed by atoms with E-state index in [0.29, 0.717) is 28.2 Å². The standard InChI is InChI=1S/C16H17ClN2O4/c1-22-16(21)12-14(18-8-9-4-3-7-23-9)10-5-2-6-11(17)13(10)19-15(12)20/h2,5-6,9H,3-4,7-8H2,1H3,(H2,18,19,20). The quantitative estimate of drug-likeness (QED) is 0.839. The van der Waals surface area contributed by atoms with Crippen LogP contribution in [0.1, 0.15) is 23.2 Å². The van der Waals surface area contributed by atoms with Crippen LogP contribution in [0.25, 0.3) is 10.9 Å². The monoisotopic (exact) mass is 336 g/mol. The van der Waals surface area contributed by atoms with Crippen LogP contribution in [0.15, 0.2) is 23.0 Å². The van der Waals surface area contributed by atoms with E-state index in [1.54, 1.807) is 18.2 Å². The van der Waals surface area contributed by atoms with Crippen LogP contribution in [0, 0.1) is 0 Å². The molecule has 1 saturated heterocycles. The van der Waals surface area contributed by atoms with E-state index in [4.69, 9.17) is 21.1 Å². The summed E-state index contributed by atoms with van der Waals surface area (Å²) in [5.74, 6) is -0.692. The number of carbonyl (C=O) groups is 1. The number of hydrogen-bond donors (Lipinski definition) is 2. The first-order valence-corrected chi connectivity index (χ1v) is 7.78. The summed E-state index contributed by atoms with van der Waals surface area (Å²) in [5, 5.41) is 4.25. The Bertz CT molecular complexity index is 797. The summed E-state index contributed by atoms with van der Waals surface area (Å²) in [6.45, 7) is 1.24. The molecule has 23 heavy (non-hydrogen) atoms. The third kappa shape index (κ3) is 3.04. The summed E-state index contributed by atoms with van der Waals surface area (Å²) >= 11 is 6.16. The summed E-state index contributed by atoms with van der Waals surface area (Å²) in [6, 6.07) is 5.24. The van der Waals surface area contributed by atoms with Crippen LogP contribution in [-0.4, -0.2) is 37.3 Å². The van der Waals surface area contributed by atoms with Crippen molar-refractivity contribution in [2.24, 2.45) is 0 Å². The van der Waals surface area contributed by atoms with Gasteiger partial charge in [0.2, 0.25) is 0 Å². The molecule has 3 rings (SSSR count). The Morgan fingerprint density at radius 2 is 2.35 bits per heavy atom. The highest BCUT2D eigenvalue weighted by atomic mass is 35.5. The van der Waals surface area contributed by atoms with E-state index in [1.165, 1.54) is 7.11 Å². The minimum atomic E-state index is -0.692. The Balaban J connectivity index is 2.11. The van der Waals surface area contributed by atoms with Gasteiger partial charge in [-0.15, -0.1) is 0 Å². The number of halogens is 1. The second-order valence-corrected chi connectivity index (χ2v) is 5.78. The predicted octanol–water partition coefficient (Wildman–Crippen LogP) is 2.56. The van der Waals surface area contributed by atoms with Gasteiger partial charge in [0.1, 0.15) is 5.56 Å². The number of hydrogen-bond acceptors (Lipinski definition) is 5. The van der Waals surface area contributed by atoms with Crippen LogP contribution in [0.4, 0.5) is 5.69 Å². The molecule has 0 bridgehead atoms. The minimum absolute atomic E-state index is 0.0553. The number of H-pyrrole nitrogens is 1. The summed E-state index contributed by atoms with van der Waals surface area (Å²) in [6.07, 6.45) is 2.02. The minimum Gasteiger partial charge on any atom is -0.465 e. The van der Waals surface area contributed by atoms with Crippen LogP contribution >= 0.6 is 11.6 Å². The molecule has 1 aromatic heterocycles. The fourth-order valence-electron chi connectivity index (χ4n) is 2.79. The van der Waals surface area contributed by atoms with E-state index in [-0.39, 0.29) is 11.7 Å². The van der Waals surface area contributed by atoms with Gasteiger partial charge in [0, 0.05) is 18.5 Å². The van der Waals surface area contributed by atoms with Crippen LogP contribution in [-0.2, 0) is 9.47 Å². The Kier molecular flexibility index (Phi) is 4.54. The number of rotatable bonds is 4. The number of nitrogens with one attached hydrogen (secondary N) is 2. The number of para-hydroxylation sites is 1. The van der Waals surface area contributed by atoms with Crippen molar-refractivity contribution in [3.8, 4) is 0 Å². The Morgan fingerprint density at radius 3 is 3.04 bits per heavy atom. The van der Waals surface area contributed by atoms with Gasteiger partial charge in [-0.3, -0.25) is 4.79 Å². The highest BCUT2D eigenvalue weighted by molar-refractivity contribution is 6.35. The van der Waals surface area contributed by atoms with Gasteiger partial charge in [-0.2, -0.15) is 0 Å². The maximum absolute atomic E-state index is 12.3. The molecule has 1 aliphatic rings. The lowest BCUT2D eigenvalue weighted by Gasteiger charge is -2.16. The van der Waals surface area contributed by atoms with Crippen LogP contribution < -0.4 is 10.9 Å². The number of aromatic nitrogens is 1. The number of ether oxygens (including phenoxy) is 2. The SMILES string of the molecule is COC(=O)c1c(NCC2CCCO2)c2cccc(Cl)c2[nH]c1=O. The molecule has 1 fully saturated rings. The second kappa shape index (κ2) is 6.60. The van der Waals surface area contributed by atoms with E-state index in [1.807, 2.05) is 0 Å². The van der Waals surface area contributed by atoms with Gasteiger partial charge in [-0.1, -0.05) is 23.7 Å². The molecule has 2 N–H and O–H groups in total. The average Bonchev–Trinajstić information content (AvgIpc) is 3.06. The number of carbonyl (C=O) groups excluding carboxylic acids is 1. The van der Waals surface area contributed by atoms with Crippen molar-refractivity contribution in [3.63, 3.8) is 0 Å². The maximum atomic E-state index is 12.3. The Labute approximate surface area is 137 Å². The Morgan fingerprint density at radius 1 is 1.52 bits per heavy atom. The molecule has 0 amide bonds. The third-order valence-electron chi connectivity index (χ3n) is 3.92. The van der Waals surface area contributed by atoms with Gasteiger partial charge in [-0.05, 0) is 18.9 Å². The van der Waals surface area contributed by atoms with Gasteiger partial charge in [0.15, 0.2) is 0 Å². The largest absolute Gasteiger partial charge is 0.465 e. The summed E-state index contributed by atoms with van der Waals surface area (Å²) < 4.78 is 10.3. The topological polar surface area (TPSA) is 80.4 Å². The lowest BCUT2D eigenvalue weighted by atomic mass is 10.1. The van der Waals surface area contributed by atoms with E-state index < -0.39 is 11.5 Å². The number of pyridine rings is 1. The van der Waals surface area contributed by atoms with Crippen LogP contribution in [0.2, 0.25) is 5.02 Å². The van der Waals surface area contributed by atoms with E-state index in [9.17, 15) is 9.59 Å². The highest BCUT2D eigenvalue weighted by Crippen LogP contribution is 2.29. The molecule has 1 aliphatic heterocycles. The van der Waals surface area contributed by atoms with Gasteiger partial charge in [0.25, 0.3) is 5.56 Å². The molecule has 0 saturated carbocycles. The molecule has 1 aromatic carbocycles. The first-order valence-electron chi connectivity index (χ1n) is 7.40. The van der Waals surface area contributed by atoms with Crippen LogP contribution in [0.5, 0.6) is 0 Å². The normalized spacial score (nSPS) is 17.4. The lowest BCUT2D eigenvalue weighted by molar-refractivity contribution is 0.0599. The van der Waals surface area contributed by atoms with Gasteiger partial charge in [0.05, 0.1) is 29.4 Å². The number of methoxy groups -OCH3 is 1. The van der Waals surface area contributed by atoms with Crippen molar-refractivity contribution in [2.45, 2.75) is 18.9 Å². The fourth-order valence-corrected chi connectivity index (χ4v) is 3.01. The van der Waals surface area contributed by atoms with Gasteiger partial charge in [-0.25, -0.2) is 4.79 Å². The molecule has 0 spiro atoms. The van der Waals surface area contributed by atoms with Crippen molar-refractivity contribution in [2.75, 3.05) is 25.6 Å². The molecule has 1 unspecified atom stereocenters. The summed E-state index contributed by atoms with van der Waals surface area (Å²) in [4.78, 5) is 27.0. The van der Waals surface area contributed by atoms with E-state index in [2.05, 4.69) is 10.3 Å². The van der Waals surface area contributed by atoms with Crippen LogP contribution in [0.3, 0.4) is 0 Å². The van der Waals surface area contributed by atoms with Crippen molar-refractivity contribution >= 4 is 34.2 Å². The molecule has 2 heterocycles. The second-order valence-electron chi connectivity index (χ2n) is 5.37. The van der Waals surface area contributed by atoms with Crippen molar-refractivity contribution in [3.05, 3.63) is 39.1 Å².